The molecule has 1 fully saturated rings. The number of fused-ring (bicyclic) bond motifs is 1. The normalized spacial score (nSPS) is 18.1. The lowest BCUT2D eigenvalue weighted by atomic mass is 9.84. The molecule has 2 aromatic carbocycles. The Morgan fingerprint density at radius 1 is 1.03 bits per heavy atom. The van der Waals surface area contributed by atoms with E-state index >= 15 is 0 Å². The molecule has 2 heterocycles. The Hall–Kier alpha value is -2.57. The first-order chi connectivity index (χ1) is 13.8. The summed E-state index contributed by atoms with van der Waals surface area (Å²) < 4.78 is 0. The van der Waals surface area contributed by atoms with Crippen LogP contribution < -0.4 is 5.32 Å². The minimum absolute atomic E-state index is 0.00128. The molecule has 2 aromatic rings. The molecule has 6 nitrogen and oxygen atoms in total. The molecule has 4 N–H and O–H groups in total. The molecular formula is C23H28N2O4. The molecule has 1 saturated heterocycles. The number of benzene rings is 2. The molecule has 2 aliphatic heterocycles. The highest BCUT2D eigenvalue weighted by Gasteiger charge is 2.33. The summed E-state index contributed by atoms with van der Waals surface area (Å²) in [4.78, 5) is 14.8. The van der Waals surface area contributed by atoms with Crippen molar-refractivity contribution in [3.8, 4) is 11.5 Å². The highest BCUT2D eigenvalue weighted by Crippen LogP contribution is 2.36. The first-order valence-corrected chi connectivity index (χ1v) is 10.2. The molecule has 0 saturated carbocycles. The van der Waals surface area contributed by atoms with Gasteiger partial charge in [0.25, 0.3) is 5.91 Å². The molecule has 0 spiro atoms. The number of nitrogens with zero attached hydrogens (tertiary/aromatic N) is 1. The molecule has 0 radical (unpaired) electrons. The van der Waals surface area contributed by atoms with Crippen molar-refractivity contribution >= 4 is 5.91 Å². The van der Waals surface area contributed by atoms with Gasteiger partial charge in [0.2, 0.25) is 0 Å². The number of piperidine rings is 1. The van der Waals surface area contributed by atoms with Crippen LogP contribution in [0.3, 0.4) is 0 Å². The summed E-state index contributed by atoms with van der Waals surface area (Å²) >= 11 is 0. The van der Waals surface area contributed by atoms with Gasteiger partial charge in [0.05, 0.1) is 11.2 Å². The second-order valence-corrected chi connectivity index (χ2v) is 8.51. The van der Waals surface area contributed by atoms with Gasteiger partial charge in [-0.25, -0.2) is 0 Å². The van der Waals surface area contributed by atoms with E-state index in [1.165, 1.54) is 6.07 Å². The third kappa shape index (κ3) is 3.58. The van der Waals surface area contributed by atoms with Gasteiger partial charge in [0.15, 0.2) is 0 Å². The molecule has 2 aliphatic rings. The number of aliphatic hydroxyl groups is 1. The van der Waals surface area contributed by atoms with Crippen LogP contribution in [0.15, 0.2) is 30.3 Å². The molecule has 0 bridgehead atoms. The number of phenolic OH excluding ortho intramolecular Hbond substituents is 2. The average molecular weight is 396 g/mol. The number of aromatic hydroxyl groups is 2. The van der Waals surface area contributed by atoms with Crippen molar-refractivity contribution in [2.75, 3.05) is 13.1 Å². The summed E-state index contributed by atoms with van der Waals surface area (Å²) in [6.45, 7) is 6.34. The first-order valence-electron chi connectivity index (χ1n) is 10.2. The second kappa shape index (κ2) is 7.35. The summed E-state index contributed by atoms with van der Waals surface area (Å²) in [5.41, 5.74) is 3.02. The quantitative estimate of drug-likeness (QED) is 0.640. The van der Waals surface area contributed by atoms with E-state index < -0.39 is 5.60 Å². The highest BCUT2D eigenvalue weighted by atomic mass is 16.3. The Morgan fingerprint density at radius 3 is 2.41 bits per heavy atom. The van der Waals surface area contributed by atoms with Crippen molar-refractivity contribution in [1.29, 1.82) is 0 Å². The van der Waals surface area contributed by atoms with E-state index in [9.17, 15) is 20.1 Å². The van der Waals surface area contributed by atoms with Crippen molar-refractivity contribution in [1.82, 2.24) is 10.2 Å². The predicted octanol–water partition coefficient (Wildman–Crippen LogP) is 2.95. The van der Waals surface area contributed by atoms with Gasteiger partial charge in [-0.3, -0.25) is 4.79 Å². The van der Waals surface area contributed by atoms with Gasteiger partial charge in [-0.2, -0.15) is 0 Å². The third-order valence-corrected chi connectivity index (χ3v) is 6.18. The van der Waals surface area contributed by atoms with E-state index in [2.05, 4.69) is 5.32 Å². The van der Waals surface area contributed by atoms with E-state index in [0.717, 1.165) is 29.8 Å². The zero-order chi connectivity index (χ0) is 20.8. The van der Waals surface area contributed by atoms with Crippen LogP contribution in [0.2, 0.25) is 0 Å². The number of rotatable bonds is 3. The van der Waals surface area contributed by atoms with E-state index in [-0.39, 0.29) is 28.9 Å². The SMILES string of the molecule is CC(C)c1cc(C(=O)N2Cc3ccc(C4(O)CCNCC4)cc3C2)c(O)cc1O. The Morgan fingerprint density at radius 2 is 1.72 bits per heavy atom. The van der Waals surface area contributed by atoms with E-state index in [0.29, 0.717) is 31.5 Å². The van der Waals surface area contributed by atoms with Crippen LogP contribution >= 0.6 is 0 Å². The van der Waals surface area contributed by atoms with E-state index in [1.54, 1.807) is 11.0 Å². The van der Waals surface area contributed by atoms with Gasteiger partial charge in [-0.15, -0.1) is 0 Å². The van der Waals surface area contributed by atoms with Crippen LogP contribution in [0, 0.1) is 0 Å². The molecule has 0 atom stereocenters. The van der Waals surface area contributed by atoms with Crippen molar-refractivity contribution in [2.24, 2.45) is 0 Å². The Kier molecular flexibility index (Phi) is 5.00. The summed E-state index contributed by atoms with van der Waals surface area (Å²) in [5.74, 6) is -0.440. The molecule has 0 unspecified atom stereocenters. The molecule has 1 amide bonds. The van der Waals surface area contributed by atoms with Crippen LogP contribution in [0.25, 0.3) is 0 Å². The lowest BCUT2D eigenvalue weighted by Crippen LogP contribution is -2.39. The molecule has 0 aliphatic carbocycles. The maximum Gasteiger partial charge on any atom is 0.258 e. The zero-order valence-electron chi connectivity index (χ0n) is 16.9. The van der Waals surface area contributed by atoms with Gasteiger partial charge in [0.1, 0.15) is 11.5 Å². The lowest BCUT2D eigenvalue weighted by Gasteiger charge is -2.33. The van der Waals surface area contributed by atoms with Crippen molar-refractivity contribution in [2.45, 2.75) is 51.3 Å². The number of amides is 1. The number of phenols is 2. The molecule has 4 rings (SSSR count). The summed E-state index contributed by atoms with van der Waals surface area (Å²) in [6, 6.07) is 8.81. The van der Waals surface area contributed by atoms with Crippen LogP contribution in [-0.4, -0.2) is 39.2 Å². The van der Waals surface area contributed by atoms with Gasteiger partial charge in [0, 0.05) is 19.2 Å². The predicted molar refractivity (Wildman–Crippen MR) is 110 cm³/mol. The molecule has 154 valence electrons. The fourth-order valence-corrected chi connectivity index (χ4v) is 4.35. The van der Waals surface area contributed by atoms with Crippen LogP contribution in [0.5, 0.6) is 11.5 Å². The average Bonchev–Trinajstić information content (AvgIpc) is 3.11. The Bertz CT molecular complexity index is 948. The van der Waals surface area contributed by atoms with E-state index in [1.807, 2.05) is 32.0 Å². The number of carbonyl (C=O) groups is 1. The maximum absolute atomic E-state index is 13.1. The first kappa shape index (κ1) is 19.7. The van der Waals surface area contributed by atoms with Crippen LogP contribution in [-0.2, 0) is 18.7 Å². The standard InChI is InChI=1S/C23H28N2O4/c1-14(2)18-10-19(21(27)11-20(18)26)22(28)25-12-15-3-4-17(9-16(15)13-25)23(29)5-7-24-8-6-23/h3-4,9-11,14,24,26-27,29H,5-8,12-13H2,1-2H3. The van der Waals surface area contributed by atoms with Crippen molar-refractivity contribution in [3.63, 3.8) is 0 Å². The lowest BCUT2D eigenvalue weighted by molar-refractivity contribution is 0.00587. The summed E-state index contributed by atoms with van der Waals surface area (Å²) in [7, 11) is 0. The summed E-state index contributed by atoms with van der Waals surface area (Å²) in [6.07, 6.45) is 1.35. The highest BCUT2D eigenvalue weighted by molar-refractivity contribution is 5.97. The van der Waals surface area contributed by atoms with Gasteiger partial charge >= 0.3 is 0 Å². The number of hydrogen-bond acceptors (Lipinski definition) is 5. The molecule has 6 heteroatoms. The number of carbonyl (C=O) groups excluding carboxylic acids is 1. The minimum atomic E-state index is -0.820. The van der Waals surface area contributed by atoms with Crippen LogP contribution in [0.4, 0.5) is 0 Å². The fraction of sp³-hybridized carbons (Fsp3) is 0.435. The summed E-state index contributed by atoms with van der Waals surface area (Å²) in [5, 5.41) is 34.6. The second-order valence-electron chi connectivity index (χ2n) is 8.51. The Balaban J connectivity index is 1.58. The largest absolute Gasteiger partial charge is 0.508 e. The number of nitrogens with one attached hydrogen (secondary N) is 1. The van der Waals surface area contributed by atoms with Crippen molar-refractivity contribution in [3.05, 3.63) is 58.1 Å². The monoisotopic (exact) mass is 396 g/mol. The zero-order valence-corrected chi connectivity index (χ0v) is 16.9. The topological polar surface area (TPSA) is 93.0 Å². The molecule has 0 aromatic heterocycles. The Labute approximate surface area is 170 Å². The minimum Gasteiger partial charge on any atom is -0.508 e. The maximum atomic E-state index is 13.1. The smallest absolute Gasteiger partial charge is 0.258 e. The fourth-order valence-electron chi connectivity index (χ4n) is 4.35. The van der Waals surface area contributed by atoms with E-state index in [4.69, 9.17) is 0 Å². The molecule has 29 heavy (non-hydrogen) atoms. The van der Waals surface area contributed by atoms with Gasteiger partial charge < -0.3 is 25.5 Å². The third-order valence-electron chi connectivity index (χ3n) is 6.18. The van der Waals surface area contributed by atoms with Gasteiger partial charge in [-0.1, -0.05) is 32.0 Å². The van der Waals surface area contributed by atoms with Gasteiger partial charge in [-0.05, 0) is 60.2 Å². The van der Waals surface area contributed by atoms with Crippen molar-refractivity contribution < 1.29 is 20.1 Å². The van der Waals surface area contributed by atoms with Crippen LogP contribution in [0.1, 0.15) is 65.2 Å². The molecular weight excluding hydrogens is 368 g/mol. The number of hydrogen-bond donors (Lipinski definition) is 4.